The van der Waals surface area contributed by atoms with Crippen LogP contribution < -0.4 is 10.0 Å². The van der Waals surface area contributed by atoms with Crippen LogP contribution in [0.2, 0.25) is 0 Å². The SMILES string of the molecule is CN(C1=C(c2ccccc2)C(=O)N(Cc2ccc(S(N)(=O)=O)cc2)C1=O)c1ccccc1. The van der Waals surface area contributed by atoms with Gasteiger partial charge >= 0.3 is 0 Å². The molecule has 0 saturated carbocycles. The van der Waals surface area contributed by atoms with Crippen LogP contribution in [0.15, 0.2) is 95.5 Å². The predicted molar refractivity (Wildman–Crippen MR) is 122 cm³/mol. The van der Waals surface area contributed by atoms with Crippen LogP contribution >= 0.6 is 0 Å². The zero-order valence-electron chi connectivity index (χ0n) is 17.3. The van der Waals surface area contributed by atoms with Crippen molar-refractivity contribution in [3.05, 3.63) is 102 Å². The van der Waals surface area contributed by atoms with Gasteiger partial charge in [-0.05, 0) is 35.4 Å². The molecule has 0 atom stereocenters. The number of carbonyl (C=O) groups is 2. The van der Waals surface area contributed by atoms with Crippen LogP contribution in [0.1, 0.15) is 11.1 Å². The number of primary sulfonamides is 1. The fourth-order valence-electron chi connectivity index (χ4n) is 3.63. The van der Waals surface area contributed by atoms with Crippen LogP contribution in [-0.2, 0) is 26.2 Å². The summed E-state index contributed by atoms with van der Waals surface area (Å²) in [6.45, 7) is 0.00499. The fraction of sp³-hybridized carbons (Fsp3) is 0.0833. The summed E-state index contributed by atoms with van der Waals surface area (Å²) in [5, 5.41) is 5.15. The van der Waals surface area contributed by atoms with Gasteiger partial charge in [-0.2, -0.15) is 0 Å². The van der Waals surface area contributed by atoms with E-state index in [0.717, 1.165) is 5.69 Å². The van der Waals surface area contributed by atoms with Crippen LogP contribution in [-0.4, -0.2) is 32.2 Å². The van der Waals surface area contributed by atoms with Gasteiger partial charge in [-0.1, -0.05) is 60.7 Å². The van der Waals surface area contributed by atoms with E-state index in [1.165, 1.54) is 17.0 Å². The minimum absolute atomic E-state index is 0.00499. The average Bonchev–Trinajstić information content (AvgIpc) is 3.04. The van der Waals surface area contributed by atoms with Crippen molar-refractivity contribution in [3.63, 3.8) is 0 Å². The predicted octanol–water partition coefficient (Wildman–Crippen LogP) is 2.75. The Morgan fingerprint density at radius 2 is 1.38 bits per heavy atom. The highest BCUT2D eigenvalue weighted by Gasteiger charge is 2.41. The number of anilines is 1. The van der Waals surface area contributed by atoms with Gasteiger partial charge in [0, 0.05) is 12.7 Å². The lowest BCUT2D eigenvalue weighted by atomic mass is 10.0. The molecule has 0 saturated heterocycles. The number of nitrogens with two attached hydrogens (primary N) is 1. The Balaban J connectivity index is 1.72. The van der Waals surface area contributed by atoms with Gasteiger partial charge in [0.1, 0.15) is 5.70 Å². The van der Waals surface area contributed by atoms with E-state index >= 15 is 0 Å². The summed E-state index contributed by atoms with van der Waals surface area (Å²) in [6, 6.07) is 24.2. The maximum atomic E-state index is 13.4. The smallest absolute Gasteiger partial charge is 0.278 e. The summed E-state index contributed by atoms with van der Waals surface area (Å²) in [7, 11) is -2.07. The summed E-state index contributed by atoms with van der Waals surface area (Å²) < 4.78 is 23.0. The normalized spacial score (nSPS) is 14.2. The fourth-order valence-corrected chi connectivity index (χ4v) is 4.15. The number of likely N-dealkylation sites (N-methyl/N-ethyl adjacent to an activating group) is 1. The molecule has 8 heteroatoms. The second-order valence-electron chi connectivity index (χ2n) is 7.37. The van der Waals surface area contributed by atoms with Gasteiger partial charge in [0.25, 0.3) is 11.8 Å². The lowest BCUT2D eigenvalue weighted by Gasteiger charge is -2.21. The summed E-state index contributed by atoms with van der Waals surface area (Å²) in [6.07, 6.45) is 0. The molecule has 162 valence electrons. The van der Waals surface area contributed by atoms with Crippen LogP contribution in [0, 0.1) is 0 Å². The molecule has 0 aliphatic carbocycles. The molecular formula is C24H21N3O4S. The average molecular weight is 448 g/mol. The van der Waals surface area contributed by atoms with Gasteiger partial charge in [-0.15, -0.1) is 0 Å². The summed E-state index contributed by atoms with van der Waals surface area (Å²) in [4.78, 5) is 29.7. The summed E-state index contributed by atoms with van der Waals surface area (Å²) in [5.74, 6) is -0.828. The first kappa shape index (κ1) is 21.5. The molecule has 1 heterocycles. The standard InChI is InChI=1S/C24H21N3O4S/c1-26(19-10-6-3-7-11-19)22-21(18-8-4-2-5-9-18)23(28)27(24(22)29)16-17-12-14-20(15-13-17)32(25,30)31/h2-15H,16H2,1H3,(H2,25,30,31). The number of para-hydroxylation sites is 1. The van der Waals surface area contributed by atoms with E-state index in [1.54, 1.807) is 36.2 Å². The molecule has 2 N–H and O–H groups in total. The third-order valence-electron chi connectivity index (χ3n) is 5.28. The second kappa shape index (κ2) is 8.41. The zero-order valence-corrected chi connectivity index (χ0v) is 18.1. The highest BCUT2D eigenvalue weighted by molar-refractivity contribution is 7.89. The molecule has 7 nitrogen and oxygen atoms in total. The van der Waals surface area contributed by atoms with Crippen molar-refractivity contribution >= 4 is 33.1 Å². The molecule has 3 aromatic rings. The van der Waals surface area contributed by atoms with E-state index in [2.05, 4.69) is 0 Å². The number of amides is 2. The first-order valence-electron chi connectivity index (χ1n) is 9.84. The monoisotopic (exact) mass is 447 g/mol. The minimum Gasteiger partial charge on any atom is -0.339 e. The number of hydrogen-bond donors (Lipinski definition) is 1. The molecule has 0 radical (unpaired) electrons. The van der Waals surface area contributed by atoms with Crippen LogP contribution in [0.5, 0.6) is 0 Å². The zero-order chi connectivity index (χ0) is 22.9. The van der Waals surface area contributed by atoms with Crippen molar-refractivity contribution in [2.45, 2.75) is 11.4 Å². The van der Waals surface area contributed by atoms with E-state index in [0.29, 0.717) is 16.7 Å². The number of imide groups is 1. The van der Waals surface area contributed by atoms with E-state index in [9.17, 15) is 18.0 Å². The third kappa shape index (κ3) is 4.05. The molecule has 32 heavy (non-hydrogen) atoms. The maximum absolute atomic E-state index is 13.4. The first-order chi connectivity index (χ1) is 15.3. The number of sulfonamides is 1. The Bertz CT molecular complexity index is 1300. The Morgan fingerprint density at radius 1 is 0.812 bits per heavy atom. The van der Waals surface area contributed by atoms with Crippen LogP contribution in [0.3, 0.4) is 0 Å². The molecule has 2 amide bonds. The number of benzene rings is 3. The topological polar surface area (TPSA) is 101 Å². The van der Waals surface area contributed by atoms with Crippen molar-refractivity contribution in [2.75, 3.05) is 11.9 Å². The van der Waals surface area contributed by atoms with Crippen molar-refractivity contribution < 1.29 is 18.0 Å². The second-order valence-corrected chi connectivity index (χ2v) is 8.93. The quantitative estimate of drug-likeness (QED) is 0.586. The number of rotatable bonds is 6. The third-order valence-corrected chi connectivity index (χ3v) is 6.21. The van der Waals surface area contributed by atoms with E-state index in [1.807, 2.05) is 48.5 Å². The van der Waals surface area contributed by atoms with Gasteiger partial charge in [0.05, 0.1) is 17.0 Å². The van der Waals surface area contributed by atoms with Gasteiger partial charge < -0.3 is 4.90 Å². The highest BCUT2D eigenvalue weighted by Crippen LogP contribution is 2.34. The highest BCUT2D eigenvalue weighted by atomic mass is 32.2. The Hall–Kier alpha value is -3.75. The maximum Gasteiger partial charge on any atom is 0.278 e. The van der Waals surface area contributed by atoms with E-state index in [-0.39, 0.29) is 17.1 Å². The molecule has 4 rings (SSSR count). The van der Waals surface area contributed by atoms with Crippen molar-refractivity contribution in [1.29, 1.82) is 0 Å². The Morgan fingerprint density at radius 3 is 1.94 bits per heavy atom. The number of nitrogens with zero attached hydrogens (tertiary/aromatic N) is 2. The van der Waals surface area contributed by atoms with Gasteiger partial charge in [-0.25, -0.2) is 13.6 Å². The first-order valence-corrected chi connectivity index (χ1v) is 11.4. The largest absolute Gasteiger partial charge is 0.339 e. The van der Waals surface area contributed by atoms with Crippen molar-refractivity contribution in [3.8, 4) is 0 Å². The molecule has 1 aliphatic rings. The molecule has 0 spiro atoms. The number of hydrogen-bond acceptors (Lipinski definition) is 5. The molecule has 0 unspecified atom stereocenters. The lowest BCUT2D eigenvalue weighted by Crippen LogP contribution is -2.33. The molecule has 1 aliphatic heterocycles. The molecule has 0 bridgehead atoms. The Labute approximate surface area is 186 Å². The molecule has 0 aromatic heterocycles. The van der Waals surface area contributed by atoms with Gasteiger partial charge in [0.2, 0.25) is 10.0 Å². The molecule has 0 fully saturated rings. The summed E-state index contributed by atoms with van der Waals surface area (Å²) >= 11 is 0. The van der Waals surface area contributed by atoms with Crippen molar-refractivity contribution in [2.24, 2.45) is 5.14 Å². The molecular weight excluding hydrogens is 426 g/mol. The minimum atomic E-state index is -3.83. The van der Waals surface area contributed by atoms with Gasteiger partial charge in [-0.3, -0.25) is 14.5 Å². The Kier molecular flexibility index (Phi) is 5.65. The van der Waals surface area contributed by atoms with Crippen LogP contribution in [0.25, 0.3) is 5.57 Å². The van der Waals surface area contributed by atoms with Crippen LogP contribution in [0.4, 0.5) is 5.69 Å². The lowest BCUT2D eigenvalue weighted by molar-refractivity contribution is -0.137. The molecule has 3 aromatic carbocycles. The number of carbonyl (C=O) groups excluding carboxylic acids is 2. The van der Waals surface area contributed by atoms with Crippen molar-refractivity contribution in [1.82, 2.24) is 4.90 Å². The van der Waals surface area contributed by atoms with E-state index in [4.69, 9.17) is 5.14 Å². The van der Waals surface area contributed by atoms with Gasteiger partial charge in [0.15, 0.2) is 0 Å². The summed E-state index contributed by atoms with van der Waals surface area (Å²) in [5.41, 5.74) is 2.64. The van der Waals surface area contributed by atoms with E-state index < -0.39 is 21.8 Å².